The zero-order chi connectivity index (χ0) is 19.0. The summed E-state index contributed by atoms with van der Waals surface area (Å²) in [4.78, 5) is 17.4. The van der Waals surface area contributed by atoms with Crippen LogP contribution in [0, 0.1) is 0 Å². The topological polar surface area (TPSA) is 71.3 Å². The number of nitrogens with zero attached hydrogens (tertiary/aromatic N) is 2. The fourth-order valence-electron chi connectivity index (χ4n) is 2.87. The van der Waals surface area contributed by atoms with E-state index in [4.69, 9.17) is 18.9 Å². The average Bonchev–Trinajstić information content (AvgIpc) is 3.01. The van der Waals surface area contributed by atoms with Crippen molar-refractivity contribution in [3.05, 3.63) is 41.2 Å². The van der Waals surface area contributed by atoms with Crippen LogP contribution in [0.3, 0.4) is 0 Å². The van der Waals surface area contributed by atoms with Crippen LogP contribution in [0.2, 0.25) is 0 Å². The third kappa shape index (κ3) is 3.12. The number of hydrogen-bond donors (Lipinski definition) is 0. The zero-order valence-electron chi connectivity index (χ0n) is 15.1. The van der Waals surface area contributed by atoms with Gasteiger partial charge in [-0.15, -0.1) is 0 Å². The van der Waals surface area contributed by atoms with E-state index < -0.39 is 6.10 Å². The SMILES string of the molecule is COc1cc2sc(=NC(=O)[C@H]3COc4ccccc4O3)n(C)c2cc1OC. The molecule has 1 amide bonds. The first-order valence-electron chi connectivity index (χ1n) is 8.29. The van der Waals surface area contributed by atoms with Gasteiger partial charge in [0.2, 0.25) is 6.10 Å². The molecule has 0 saturated heterocycles. The number of fused-ring (bicyclic) bond motifs is 2. The Balaban J connectivity index is 1.68. The highest BCUT2D eigenvalue weighted by molar-refractivity contribution is 7.16. The highest BCUT2D eigenvalue weighted by Gasteiger charge is 2.27. The second-order valence-corrected chi connectivity index (χ2v) is 6.94. The van der Waals surface area contributed by atoms with Gasteiger partial charge in [0.15, 0.2) is 27.8 Å². The van der Waals surface area contributed by atoms with E-state index in [9.17, 15) is 4.79 Å². The molecule has 2 aromatic carbocycles. The Morgan fingerprint density at radius 2 is 1.89 bits per heavy atom. The van der Waals surface area contributed by atoms with Gasteiger partial charge in [-0.2, -0.15) is 4.99 Å². The molecule has 7 nitrogen and oxygen atoms in total. The van der Waals surface area contributed by atoms with Crippen molar-refractivity contribution in [3.63, 3.8) is 0 Å². The normalized spacial score (nSPS) is 16.4. The number of aromatic nitrogens is 1. The zero-order valence-corrected chi connectivity index (χ0v) is 15.9. The van der Waals surface area contributed by atoms with Gasteiger partial charge in [0.1, 0.15) is 6.61 Å². The standard InChI is InChI=1S/C19H18N2O5S/c1-21-11-8-14(23-2)15(24-3)9-17(11)27-19(21)20-18(22)16-10-25-12-6-4-5-7-13(12)26-16/h4-9,16H,10H2,1-3H3/t16-/m1/s1. The summed E-state index contributed by atoms with van der Waals surface area (Å²) < 4.78 is 24.8. The molecule has 0 radical (unpaired) electrons. The monoisotopic (exact) mass is 386 g/mol. The van der Waals surface area contributed by atoms with Gasteiger partial charge in [-0.25, -0.2) is 0 Å². The third-order valence-corrected chi connectivity index (χ3v) is 5.40. The summed E-state index contributed by atoms with van der Waals surface area (Å²) >= 11 is 1.39. The van der Waals surface area contributed by atoms with Crippen molar-refractivity contribution in [1.29, 1.82) is 0 Å². The molecule has 27 heavy (non-hydrogen) atoms. The number of benzene rings is 2. The Labute approximate surface area is 159 Å². The lowest BCUT2D eigenvalue weighted by molar-refractivity contribution is -0.127. The first-order chi connectivity index (χ1) is 13.1. The second-order valence-electron chi connectivity index (χ2n) is 5.93. The Hall–Kier alpha value is -3.00. The molecule has 0 aliphatic carbocycles. The van der Waals surface area contributed by atoms with Gasteiger partial charge < -0.3 is 23.5 Å². The van der Waals surface area contributed by atoms with Crippen molar-refractivity contribution in [1.82, 2.24) is 4.57 Å². The molecule has 0 unspecified atom stereocenters. The molecule has 0 bridgehead atoms. The lowest BCUT2D eigenvalue weighted by Gasteiger charge is -2.23. The molecule has 1 aromatic heterocycles. The van der Waals surface area contributed by atoms with Gasteiger partial charge in [0.05, 0.1) is 24.4 Å². The van der Waals surface area contributed by atoms with E-state index in [1.54, 1.807) is 26.4 Å². The molecule has 0 saturated carbocycles. The fraction of sp³-hybridized carbons (Fsp3) is 0.263. The number of rotatable bonds is 3. The highest BCUT2D eigenvalue weighted by atomic mass is 32.1. The maximum Gasteiger partial charge on any atom is 0.292 e. The Bertz CT molecular complexity index is 1090. The van der Waals surface area contributed by atoms with Crippen LogP contribution in [0.1, 0.15) is 0 Å². The molecule has 140 valence electrons. The van der Waals surface area contributed by atoms with Crippen molar-refractivity contribution >= 4 is 27.5 Å². The number of carbonyl (C=O) groups excluding carboxylic acids is 1. The smallest absolute Gasteiger partial charge is 0.292 e. The number of hydrogen-bond acceptors (Lipinski definition) is 6. The maximum absolute atomic E-state index is 12.6. The molecule has 1 atom stereocenters. The Kier molecular flexibility index (Phi) is 4.49. The number of thiazole rings is 1. The first kappa shape index (κ1) is 17.4. The van der Waals surface area contributed by atoms with Crippen molar-refractivity contribution in [3.8, 4) is 23.0 Å². The second kappa shape index (κ2) is 6.96. The van der Waals surface area contributed by atoms with Crippen molar-refractivity contribution < 1.29 is 23.7 Å². The molecular formula is C19H18N2O5S. The molecule has 1 aliphatic heterocycles. The Morgan fingerprint density at radius 1 is 1.19 bits per heavy atom. The minimum Gasteiger partial charge on any atom is -0.493 e. The van der Waals surface area contributed by atoms with Crippen LogP contribution in [-0.4, -0.2) is 37.4 Å². The molecule has 8 heteroatoms. The summed E-state index contributed by atoms with van der Waals surface area (Å²) in [6.45, 7) is 0.135. The van der Waals surface area contributed by atoms with E-state index in [1.165, 1.54) is 11.3 Å². The summed E-state index contributed by atoms with van der Waals surface area (Å²) in [5.41, 5.74) is 0.898. The van der Waals surface area contributed by atoms with E-state index in [2.05, 4.69) is 4.99 Å². The molecule has 0 spiro atoms. The quantitative estimate of drug-likeness (QED) is 0.692. The first-order valence-corrected chi connectivity index (χ1v) is 9.11. The van der Waals surface area contributed by atoms with Gasteiger partial charge >= 0.3 is 0 Å². The molecular weight excluding hydrogens is 368 g/mol. The van der Waals surface area contributed by atoms with Crippen LogP contribution in [-0.2, 0) is 11.8 Å². The molecule has 0 N–H and O–H groups in total. The summed E-state index contributed by atoms with van der Waals surface area (Å²) in [5.74, 6) is 2.05. The van der Waals surface area contributed by atoms with Crippen LogP contribution in [0.4, 0.5) is 0 Å². The predicted octanol–water partition coefficient (Wildman–Crippen LogP) is 2.52. The minimum absolute atomic E-state index is 0.135. The van der Waals surface area contributed by atoms with Crippen LogP contribution >= 0.6 is 11.3 Å². The average molecular weight is 386 g/mol. The number of carbonyl (C=O) groups is 1. The lowest BCUT2D eigenvalue weighted by Crippen LogP contribution is -2.36. The third-order valence-electron chi connectivity index (χ3n) is 4.30. The lowest BCUT2D eigenvalue weighted by atomic mass is 10.2. The van der Waals surface area contributed by atoms with Gasteiger partial charge in [-0.05, 0) is 12.1 Å². The van der Waals surface area contributed by atoms with Crippen molar-refractivity contribution in [2.75, 3.05) is 20.8 Å². The summed E-state index contributed by atoms with van der Waals surface area (Å²) in [5, 5.41) is 0. The molecule has 2 heterocycles. The van der Waals surface area contributed by atoms with E-state index in [1.807, 2.05) is 35.9 Å². The van der Waals surface area contributed by atoms with E-state index >= 15 is 0 Å². The van der Waals surface area contributed by atoms with Crippen LogP contribution in [0.5, 0.6) is 23.0 Å². The van der Waals surface area contributed by atoms with Gasteiger partial charge in [0.25, 0.3) is 5.91 Å². The number of aryl methyl sites for hydroxylation is 1. The van der Waals surface area contributed by atoms with Gasteiger partial charge in [-0.1, -0.05) is 23.5 Å². The summed E-state index contributed by atoms with van der Waals surface area (Å²) in [7, 11) is 5.03. The number of amides is 1. The maximum atomic E-state index is 12.6. The van der Waals surface area contributed by atoms with E-state index in [0.717, 1.165) is 10.2 Å². The van der Waals surface area contributed by atoms with Crippen molar-refractivity contribution in [2.45, 2.75) is 6.10 Å². The largest absolute Gasteiger partial charge is 0.493 e. The van der Waals surface area contributed by atoms with Crippen molar-refractivity contribution in [2.24, 2.45) is 12.0 Å². The molecule has 1 aliphatic rings. The molecule has 0 fully saturated rings. The molecule has 3 aromatic rings. The van der Waals surface area contributed by atoms with Gasteiger partial charge in [-0.3, -0.25) is 4.79 Å². The summed E-state index contributed by atoms with van der Waals surface area (Å²) in [6.07, 6.45) is -0.769. The fourth-order valence-corrected chi connectivity index (χ4v) is 3.90. The van der Waals surface area contributed by atoms with Crippen LogP contribution < -0.4 is 23.7 Å². The number of methoxy groups -OCH3 is 2. The molecule has 4 rings (SSSR count). The van der Waals surface area contributed by atoms with Crippen LogP contribution in [0.15, 0.2) is 41.4 Å². The number of ether oxygens (including phenoxy) is 4. The number of para-hydroxylation sites is 2. The minimum atomic E-state index is -0.769. The van der Waals surface area contributed by atoms with E-state index in [-0.39, 0.29) is 12.5 Å². The summed E-state index contributed by atoms with van der Waals surface area (Å²) in [6, 6.07) is 11.0. The van der Waals surface area contributed by atoms with E-state index in [0.29, 0.717) is 27.8 Å². The van der Waals surface area contributed by atoms with Gasteiger partial charge in [0, 0.05) is 19.2 Å². The predicted molar refractivity (Wildman–Crippen MR) is 101 cm³/mol. The Morgan fingerprint density at radius 3 is 2.63 bits per heavy atom. The van der Waals surface area contributed by atoms with Crippen LogP contribution in [0.25, 0.3) is 10.2 Å². The highest BCUT2D eigenvalue weighted by Crippen LogP contribution is 2.33.